The molecule has 2 aromatic rings. The summed E-state index contributed by atoms with van der Waals surface area (Å²) in [5.74, 6) is 7.26. The minimum Gasteiger partial charge on any atom is -0.497 e. The van der Waals surface area contributed by atoms with Gasteiger partial charge in [0.05, 0.1) is 31.0 Å². The highest BCUT2D eigenvalue weighted by molar-refractivity contribution is 7.09. The van der Waals surface area contributed by atoms with Crippen LogP contribution < -0.4 is 20.7 Å². The Morgan fingerprint density at radius 3 is 2.70 bits per heavy atom. The molecule has 0 fully saturated rings. The Kier molecular flexibility index (Phi) is 4.94. The van der Waals surface area contributed by atoms with Crippen LogP contribution >= 0.6 is 11.3 Å². The van der Waals surface area contributed by atoms with Gasteiger partial charge < -0.3 is 9.47 Å². The molecule has 5 nitrogen and oxygen atoms in total. The van der Waals surface area contributed by atoms with Crippen LogP contribution in [0.5, 0.6) is 11.5 Å². The standard InChI is InChI=1S/C14H19N3O2S/c1-9-16-10(8-20-9)6-13(17-15)12-7-11(18-2)4-5-14(12)19-3/h4-5,7-8,13,17H,6,15H2,1-3H3. The number of ether oxygens (including phenoxy) is 2. The van der Waals surface area contributed by atoms with Crippen molar-refractivity contribution in [1.29, 1.82) is 0 Å². The predicted molar refractivity (Wildman–Crippen MR) is 80.2 cm³/mol. The van der Waals surface area contributed by atoms with Crippen LogP contribution in [0.25, 0.3) is 0 Å². The summed E-state index contributed by atoms with van der Waals surface area (Å²) in [5, 5.41) is 3.10. The summed E-state index contributed by atoms with van der Waals surface area (Å²) in [6.07, 6.45) is 0.699. The van der Waals surface area contributed by atoms with E-state index in [-0.39, 0.29) is 6.04 Å². The fraction of sp³-hybridized carbons (Fsp3) is 0.357. The molecule has 1 aromatic heterocycles. The molecule has 0 aliphatic rings. The lowest BCUT2D eigenvalue weighted by molar-refractivity contribution is 0.389. The van der Waals surface area contributed by atoms with Crippen molar-refractivity contribution in [1.82, 2.24) is 10.4 Å². The second-order valence-corrected chi connectivity index (χ2v) is 5.45. The minimum atomic E-state index is -0.0819. The highest BCUT2D eigenvalue weighted by Crippen LogP contribution is 2.31. The van der Waals surface area contributed by atoms with Gasteiger partial charge in [0, 0.05) is 17.4 Å². The van der Waals surface area contributed by atoms with Gasteiger partial charge in [-0.05, 0) is 25.1 Å². The number of nitrogens with two attached hydrogens (primary N) is 1. The van der Waals surface area contributed by atoms with Crippen LogP contribution in [0, 0.1) is 6.92 Å². The molecule has 1 aromatic carbocycles. The van der Waals surface area contributed by atoms with Gasteiger partial charge in [-0.2, -0.15) is 0 Å². The lowest BCUT2D eigenvalue weighted by atomic mass is 10.0. The third-order valence-electron chi connectivity index (χ3n) is 3.09. The minimum absolute atomic E-state index is 0.0819. The van der Waals surface area contributed by atoms with Crippen molar-refractivity contribution in [3.05, 3.63) is 39.8 Å². The fourth-order valence-corrected chi connectivity index (χ4v) is 2.71. The highest BCUT2D eigenvalue weighted by Gasteiger charge is 2.17. The van der Waals surface area contributed by atoms with E-state index >= 15 is 0 Å². The monoisotopic (exact) mass is 293 g/mol. The molecular weight excluding hydrogens is 274 g/mol. The van der Waals surface area contributed by atoms with Gasteiger partial charge in [-0.1, -0.05) is 0 Å². The number of hydrogen-bond acceptors (Lipinski definition) is 6. The number of methoxy groups -OCH3 is 2. The molecule has 0 radical (unpaired) electrons. The molecule has 0 aliphatic heterocycles. The van der Waals surface area contributed by atoms with E-state index in [2.05, 4.69) is 10.4 Å². The Hall–Kier alpha value is -1.63. The van der Waals surface area contributed by atoms with Crippen LogP contribution in [0.4, 0.5) is 0 Å². The van der Waals surface area contributed by atoms with E-state index in [1.165, 1.54) is 0 Å². The van der Waals surface area contributed by atoms with Crippen molar-refractivity contribution in [3.8, 4) is 11.5 Å². The number of aryl methyl sites for hydroxylation is 1. The van der Waals surface area contributed by atoms with Crippen molar-refractivity contribution in [3.63, 3.8) is 0 Å². The zero-order chi connectivity index (χ0) is 14.5. The first-order valence-electron chi connectivity index (χ1n) is 6.27. The number of benzene rings is 1. The normalized spacial score (nSPS) is 12.2. The van der Waals surface area contributed by atoms with Gasteiger partial charge in [0.15, 0.2) is 0 Å². The van der Waals surface area contributed by atoms with Crippen LogP contribution in [0.15, 0.2) is 23.6 Å². The number of hydrogen-bond donors (Lipinski definition) is 2. The largest absolute Gasteiger partial charge is 0.497 e. The van der Waals surface area contributed by atoms with Gasteiger partial charge >= 0.3 is 0 Å². The first-order chi connectivity index (χ1) is 9.67. The fourth-order valence-electron chi connectivity index (χ4n) is 2.08. The molecule has 0 amide bonds. The molecule has 108 valence electrons. The van der Waals surface area contributed by atoms with E-state index < -0.39 is 0 Å². The quantitative estimate of drug-likeness (QED) is 0.631. The number of nitrogens with zero attached hydrogens (tertiary/aromatic N) is 1. The molecule has 0 bridgehead atoms. The SMILES string of the molecule is COc1ccc(OC)c(C(Cc2csc(C)n2)NN)c1. The number of rotatable bonds is 6. The summed E-state index contributed by atoms with van der Waals surface area (Å²) in [6, 6.07) is 5.59. The maximum Gasteiger partial charge on any atom is 0.123 e. The van der Waals surface area contributed by atoms with Gasteiger partial charge in [-0.3, -0.25) is 11.3 Å². The van der Waals surface area contributed by atoms with Gasteiger partial charge in [-0.15, -0.1) is 11.3 Å². The maximum atomic E-state index is 5.70. The Labute approximate surface area is 122 Å². The molecular formula is C14H19N3O2S. The van der Waals surface area contributed by atoms with E-state index in [0.717, 1.165) is 27.8 Å². The Morgan fingerprint density at radius 1 is 1.35 bits per heavy atom. The number of aromatic nitrogens is 1. The summed E-state index contributed by atoms with van der Waals surface area (Å²) in [7, 11) is 3.28. The van der Waals surface area contributed by atoms with Crippen LogP contribution in [0.2, 0.25) is 0 Å². The average Bonchev–Trinajstić information content (AvgIpc) is 2.89. The summed E-state index contributed by atoms with van der Waals surface area (Å²) >= 11 is 1.63. The topological polar surface area (TPSA) is 69.4 Å². The molecule has 2 rings (SSSR count). The highest BCUT2D eigenvalue weighted by atomic mass is 32.1. The smallest absolute Gasteiger partial charge is 0.123 e. The van der Waals surface area contributed by atoms with E-state index in [1.807, 2.05) is 30.5 Å². The number of nitrogens with one attached hydrogen (secondary N) is 1. The zero-order valence-electron chi connectivity index (χ0n) is 11.8. The Bertz CT molecular complexity index is 571. The summed E-state index contributed by atoms with van der Waals surface area (Å²) in [4.78, 5) is 4.47. The molecule has 1 heterocycles. The predicted octanol–water partition coefficient (Wildman–Crippen LogP) is 2.22. The number of hydrazine groups is 1. The van der Waals surface area contributed by atoms with Gasteiger partial charge in [0.1, 0.15) is 11.5 Å². The Balaban J connectivity index is 2.30. The molecule has 0 saturated heterocycles. The third kappa shape index (κ3) is 3.27. The second kappa shape index (κ2) is 6.69. The van der Waals surface area contributed by atoms with Gasteiger partial charge in [0.2, 0.25) is 0 Å². The molecule has 1 unspecified atom stereocenters. The molecule has 0 spiro atoms. The maximum absolute atomic E-state index is 5.70. The van der Waals surface area contributed by atoms with Crippen molar-refractivity contribution >= 4 is 11.3 Å². The van der Waals surface area contributed by atoms with Crippen molar-refractivity contribution < 1.29 is 9.47 Å². The van der Waals surface area contributed by atoms with Gasteiger partial charge in [-0.25, -0.2) is 4.98 Å². The molecule has 0 saturated carbocycles. The van der Waals surface area contributed by atoms with Crippen LogP contribution in [0.1, 0.15) is 22.3 Å². The number of thiazole rings is 1. The molecule has 0 aliphatic carbocycles. The van der Waals surface area contributed by atoms with E-state index in [4.69, 9.17) is 15.3 Å². The molecule has 6 heteroatoms. The summed E-state index contributed by atoms with van der Waals surface area (Å²) < 4.78 is 10.7. The van der Waals surface area contributed by atoms with E-state index in [9.17, 15) is 0 Å². The lowest BCUT2D eigenvalue weighted by Crippen LogP contribution is -2.30. The van der Waals surface area contributed by atoms with Crippen molar-refractivity contribution in [2.75, 3.05) is 14.2 Å². The second-order valence-electron chi connectivity index (χ2n) is 4.39. The molecule has 20 heavy (non-hydrogen) atoms. The van der Waals surface area contributed by atoms with Crippen LogP contribution in [-0.4, -0.2) is 19.2 Å². The summed E-state index contributed by atoms with van der Waals surface area (Å²) in [6.45, 7) is 1.99. The molecule has 3 N–H and O–H groups in total. The van der Waals surface area contributed by atoms with Crippen molar-refractivity contribution in [2.24, 2.45) is 5.84 Å². The molecule has 1 atom stereocenters. The summed E-state index contributed by atoms with van der Waals surface area (Å²) in [5.41, 5.74) is 4.80. The first-order valence-corrected chi connectivity index (χ1v) is 7.15. The lowest BCUT2D eigenvalue weighted by Gasteiger charge is -2.19. The zero-order valence-corrected chi connectivity index (χ0v) is 12.7. The first kappa shape index (κ1) is 14.8. The third-order valence-corrected chi connectivity index (χ3v) is 3.92. The van der Waals surface area contributed by atoms with Crippen LogP contribution in [-0.2, 0) is 6.42 Å². The van der Waals surface area contributed by atoms with E-state index in [1.54, 1.807) is 25.6 Å². The van der Waals surface area contributed by atoms with E-state index in [0.29, 0.717) is 6.42 Å². The van der Waals surface area contributed by atoms with Crippen molar-refractivity contribution in [2.45, 2.75) is 19.4 Å². The van der Waals surface area contributed by atoms with Crippen LogP contribution in [0.3, 0.4) is 0 Å². The average molecular weight is 293 g/mol. The Morgan fingerprint density at radius 2 is 2.15 bits per heavy atom. The van der Waals surface area contributed by atoms with Gasteiger partial charge in [0.25, 0.3) is 0 Å².